The fraction of sp³-hybridized carbons (Fsp3) is 0.938. The van der Waals surface area contributed by atoms with Gasteiger partial charge in [-0.2, -0.15) is 0 Å². The van der Waals surface area contributed by atoms with Crippen molar-refractivity contribution in [3.05, 3.63) is 0 Å². The average Bonchev–Trinajstić information content (AvgIpc) is 2.41. The second kappa shape index (κ2) is 6.78. The Balaban J connectivity index is 1.41. The summed E-state index contributed by atoms with van der Waals surface area (Å²) in [5.41, 5.74) is 0. The van der Waals surface area contributed by atoms with Crippen LogP contribution < -0.4 is 5.32 Å². The molecule has 0 saturated heterocycles. The molecule has 0 heterocycles. The zero-order valence-corrected chi connectivity index (χ0v) is 13.7. The van der Waals surface area contributed by atoms with Crippen LogP contribution in [0, 0.1) is 29.6 Å². The van der Waals surface area contributed by atoms with Gasteiger partial charge in [0.05, 0.1) is 6.61 Å². The quantitative estimate of drug-likeness (QED) is 0.570. The van der Waals surface area contributed by atoms with Crippen molar-refractivity contribution < 1.29 is 9.53 Å². The molecule has 1 N–H and O–H groups in total. The second-order valence-electron chi connectivity index (χ2n) is 6.90. The van der Waals surface area contributed by atoms with E-state index in [1.807, 2.05) is 0 Å². The number of carbonyl (C=O) groups is 1. The Morgan fingerprint density at radius 2 is 1.70 bits per heavy atom. The third-order valence-electron chi connectivity index (χ3n) is 5.52. The van der Waals surface area contributed by atoms with E-state index >= 15 is 0 Å². The van der Waals surface area contributed by atoms with Gasteiger partial charge in [-0.3, -0.25) is 4.79 Å². The number of amides is 1. The third kappa shape index (κ3) is 3.22. The van der Waals surface area contributed by atoms with Crippen LogP contribution in [0.1, 0.15) is 38.5 Å². The van der Waals surface area contributed by atoms with E-state index in [0.717, 1.165) is 43.3 Å². The first-order valence-corrected chi connectivity index (χ1v) is 9.31. The predicted octanol–water partition coefficient (Wildman–Crippen LogP) is 2.98. The van der Waals surface area contributed by atoms with Crippen molar-refractivity contribution in [2.45, 2.75) is 38.5 Å². The van der Waals surface area contributed by atoms with E-state index in [1.54, 1.807) is 0 Å². The van der Waals surface area contributed by atoms with Crippen molar-refractivity contribution in [2.24, 2.45) is 29.6 Å². The molecule has 0 aromatic heterocycles. The van der Waals surface area contributed by atoms with Crippen molar-refractivity contribution in [1.82, 2.24) is 5.32 Å². The van der Waals surface area contributed by atoms with Crippen molar-refractivity contribution >= 4 is 21.8 Å². The largest absolute Gasteiger partial charge is 0.381 e. The Morgan fingerprint density at radius 3 is 2.30 bits per heavy atom. The Morgan fingerprint density at radius 1 is 1.05 bits per heavy atom. The lowest BCUT2D eigenvalue weighted by molar-refractivity contribution is -0.138. The van der Waals surface area contributed by atoms with Gasteiger partial charge >= 0.3 is 0 Å². The number of nitrogens with one attached hydrogen (secondary N) is 1. The molecule has 4 aliphatic rings. The molecule has 20 heavy (non-hydrogen) atoms. The smallest absolute Gasteiger partial charge is 0.223 e. The lowest BCUT2D eigenvalue weighted by atomic mass is 9.51. The summed E-state index contributed by atoms with van der Waals surface area (Å²) in [7, 11) is 0. The molecule has 4 rings (SSSR count). The molecule has 4 fully saturated rings. The molecule has 0 radical (unpaired) electrons. The van der Waals surface area contributed by atoms with Gasteiger partial charge in [-0.15, -0.1) is 0 Å². The summed E-state index contributed by atoms with van der Waals surface area (Å²) >= 11 is 3.33. The van der Waals surface area contributed by atoms with Crippen LogP contribution in [0.5, 0.6) is 0 Å². The van der Waals surface area contributed by atoms with Crippen molar-refractivity contribution in [1.29, 1.82) is 0 Å². The number of halogens is 1. The summed E-state index contributed by atoms with van der Waals surface area (Å²) in [6.45, 7) is 2.26. The molecule has 0 unspecified atom stereocenters. The summed E-state index contributed by atoms with van der Waals surface area (Å²) in [5.74, 6) is 3.93. The maximum Gasteiger partial charge on any atom is 0.223 e. The van der Waals surface area contributed by atoms with E-state index in [4.69, 9.17) is 4.74 Å². The highest BCUT2D eigenvalue weighted by Crippen LogP contribution is 2.56. The van der Waals surface area contributed by atoms with E-state index in [9.17, 15) is 4.79 Å². The van der Waals surface area contributed by atoms with Gasteiger partial charge in [-0.1, -0.05) is 15.9 Å². The van der Waals surface area contributed by atoms with Gasteiger partial charge in [0.1, 0.15) is 0 Å². The Bertz CT molecular complexity index is 319. The molecule has 0 spiro atoms. The van der Waals surface area contributed by atoms with Gasteiger partial charge in [0.15, 0.2) is 0 Å². The first-order valence-electron chi connectivity index (χ1n) is 8.19. The van der Waals surface area contributed by atoms with Crippen molar-refractivity contribution in [3.8, 4) is 0 Å². The average molecular weight is 344 g/mol. The minimum absolute atomic E-state index is 0.325. The summed E-state index contributed by atoms with van der Waals surface area (Å²) in [4.78, 5) is 12.5. The molecule has 1 amide bonds. The first-order chi connectivity index (χ1) is 9.78. The number of ether oxygens (including phenoxy) is 1. The van der Waals surface area contributed by atoms with E-state index in [2.05, 4.69) is 21.2 Å². The van der Waals surface area contributed by atoms with E-state index in [0.29, 0.717) is 23.7 Å². The summed E-state index contributed by atoms with van der Waals surface area (Å²) in [6, 6.07) is 0. The van der Waals surface area contributed by atoms with E-state index in [-0.39, 0.29) is 0 Å². The highest BCUT2D eigenvalue weighted by Gasteiger charge is 2.50. The molecule has 4 bridgehead atoms. The van der Waals surface area contributed by atoms with Gasteiger partial charge in [0, 0.05) is 24.4 Å². The maximum atomic E-state index is 12.5. The molecule has 4 saturated carbocycles. The molecule has 0 aromatic carbocycles. The number of hydrogen-bond acceptors (Lipinski definition) is 2. The molecule has 3 nitrogen and oxygen atoms in total. The van der Waals surface area contributed by atoms with Crippen molar-refractivity contribution in [3.63, 3.8) is 0 Å². The highest BCUT2D eigenvalue weighted by molar-refractivity contribution is 9.09. The molecule has 0 aliphatic heterocycles. The van der Waals surface area contributed by atoms with Crippen LogP contribution in [0.3, 0.4) is 0 Å². The molecular weight excluding hydrogens is 318 g/mol. The summed E-state index contributed by atoms with van der Waals surface area (Å²) in [5, 5.41) is 4.04. The maximum absolute atomic E-state index is 12.5. The highest BCUT2D eigenvalue weighted by atomic mass is 79.9. The molecule has 0 atom stereocenters. The molecular formula is C16H26BrNO2. The zero-order chi connectivity index (χ0) is 13.9. The molecule has 114 valence electrons. The van der Waals surface area contributed by atoms with Crippen LogP contribution in [-0.4, -0.2) is 31.0 Å². The summed E-state index contributed by atoms with van der Waals surface area (Å²) in [6.07, 6.45) is 7.65. The Kier molecular flexibility index (Phi) is 5.03. The normalized spacial score (nSPS) is 38.1. The summed E-state index contributed by atoms with van der Waals surface area (Å²) < 4.78 is 5.41. The van der Waals surface area contributed by atoms with Crippen molar-refractivity contribution in [2.75, 3.05) is 25.1 Å². The topological polar surface area (TPSA) is 38.3 Å². The lowest BCUT2D eigenvalue weighted by Crippen LogP contribution is -2.51. The van der Waals surface area contributed by atoms with Gasteiger partial charge in [0.25, 0.3) is 0 Å². The fourth-order valence-corrected chi connectivity index (χ4v) is 5.24. The van der Waals surface area contributed by atoms with Gasteiger partial charge < -0.3 is 10.1 Å². The number of alkyl halides is 1. The first kappa shape index (κ1) is 14.8. The van der Waals surface area contributed by atoms with Crippen LogP contribution in [0.4, 0.5) is 0 Å². The fourth-order valence-electron chi connectivity index (χ4n) is 5.01. The lowest BCUT2D eigenvalue weighted by Gasteiger charge is -2.53. The van der Waals surface area contributed by atoms with Gasteiger partial charge in [0.2, 0.25) is 5.91 Å². The second-order valence-corrected chi connectivity index (χ2v) is 7.70. The predicted molar refractivity (Wildman–Crippen MR) is 82.8 cm³/mol. The Hall–Kier alpha value is -0.0900. The van der Waals surface area contributed by atoms with Crippen LogP contribution in [0.25, 0.3) is 0 Å². The van der Waals surface area contributed by atoms with Crippen LogP contribution >= 0.6 is 15.9 Å². The van der Waals surface area contributed by atoms with Crippen LogP contribution in [-0.2, 0) is 9.53 Å². The monoisotopic (exact) mass is 343 g/mol. The van der Waals surface area contributed by atoms with E-state index in [1.165, 1.54) is 32.1 Å². The zero-order valence-electron chi connectivity index (χ0n) is 12.2. The minimum atomic E-state index is 0.325. The van der Waals surface area contributed by atoms with E-state index < -0.39 is 0 Å². The molecule has 0 aromatic rings. The van der Waals surface area contributed by atoms with Gasteiger partial charge in [-0.25, -0.2) is 0 Å². The number of hydrogen-bond donors (Lipinski definition) is 1. The SMILES string of the molecule is O=C(NCCCOCCBr)C1C2CC3CC(C2)CC1C3. The third-order valence-corrected chi connectivity index (χ3v) is 5.84. The van der Waals surface area contributed by atoms with Gasteiger partial charge in [-0.05, 0) is 62.2 Å². The molecule has 4 heteroatoms. The number of rotatable bonds is 7. The standard InChI is InChI=1S/C16H26BrNO2/c17-2-5-20-4-1-3-18-16(19)15-13-7-11-6-12(9-13)10-14(15)8-11/h11-15H,1-10H2,(H,18,19). The molecule has 4 aliphatic carbocycles. The number of carbonyl (C=O) groups excluding carboxylic acids is 1. The van der Waals surface area contributed by atoms with Crippen LogP contribution in [0.2, 0.25) is 0 Å². The Labute approximate surface area is 130 Å². The minimum Gasteiger partial charge on any atom is -0.381 e. The van der Waals surface area contributed by atoms with Crippen LogP contribution in [0.15, 0.2) is 0 Å².